The Morgan fingerprint density at radius 1 is 1.53 bits per heavy atom. The van der Waals surface area contributed by atoms with Crippen molar-refractivity contribution in [2.75, 3.05) is 7.11 Å². The van der Waals surface area contributed by atoms with Crippen molar-refractivity contribution < 1.29 is 4.74 Å². The van der Waals surface area contributed by atoms with Gasteiger partial charge in [-0.2, -0.15) is 0 Å². The van der Waals surface area contributed by atoms with Gasteiger partial charge in [0, 0.05) is 18.2 Å². The van der Waals surface area contributed by atoms with Crippen molar-refractivity contribution in [3.8, 4) is 0 Å². The number of nitrogens with zero attached hydrogens (tertiary/aromatic N) is 1. The van der Waals surface area contributed by atoms with Crippen LogP contribution in [0, 0.1) is 6.92 Å². The van der Waals surface area contributed by atoms with Gasteiger partial charge >= 0.3 is 0 Å². The van der Waals surface area contributed by atoms with Crippen molar-refractivity contribution in [3.05, 3.63) is 52.2 Å². The van der Waals surface area contributed by atoms with Crippen molar-refractivity contribution in [3.63, 3.8) is 0 Å². The van der Waals surface area contributed by atoms with Crippen LogP contribution in [0.4, 0.5) is 0 Å². The Morgan fingerprint density at radius 3 is 2.82 bits per heavy atom. The average molecular weight is 254 g/mol. The van der Waals surface area contributed by atoms with Gasteiger partial charge in [0.15, 0.2) is 0 Å². The molecular formula is C13H16ClNO2. The molecule has 0 aromatic carbocycles. The van der Waals surface area contributed by atoms with Gasteiger partial charge in [0.25, 0.3) is 5.56 Å². The quantitative estimate of drug-likeness (QED) is 0.610. The third-order valence-electron chi connectivity index (χ3n) is 2.39. The van der Waals surface area contributed by atoms with Gasteiger partial charge in [-0.05, 0) is 25.1 Å². The molecule has 0 bridgehead atoms. The van der Waals surface area contributed by atoms with Crippen LogP contribution in [-0.4, -0.2) is 11.7 Å². The highest BCUT2D eigenvalue weighted by molar-refractivity contribution is 6.45. The zero-order chi connectivity index (χ0) is 12.8. The maximum atomic E-state index is 11.8. The number of rotatable bonds is 4. The molecule has 4 heteroatoms. The van der Waals surface area contributed by atoms with E-state index in [1.165, 1.54) is 4.57 Å². The summed E-state index contributed by atoms with van der Waals surface area (Å²) in [6.07, 6.45) is 5.84. The van der Waals surface area contributed by atoms with Gasteiger partial charge in [-0.3, -0.25) is 9.36 Å². The molecule has 3 nitrogen and oxygen atoms in total. The third kappa shape index (κ3) is 3.49. The van der Waals surface area contributed by atoms with Crippen LogP contribution < -0.4 is 5.56 Å². The number of ether oxygens (including phenoxy) is 1. The highest BCUT2D eigenvalue weighted by atomic mass is 35.5. The summed E-state index contributed by atoms with van der Waals surface area (Å²) < 4.78 is 6.51. The fraction of sp³-hybridized carbons (Fsp3) is 0.308. The topological polar surface area (TPSA) is 31.2 Å². The van der Waals surface area contributed by atoms with Gasteiger partial charge in [-0.1, -0.05) is 24.6 Å². The van der Waals surface area contributed by atoms with Crippen molar-refractivity contribution in [1.82, 2.24) is 4.57 Å². The minimum atomic E-state index is -0.113. The molecule has 0 fully saturated rings. The van der Waals surface area contributed by atoms with Crippen LogP contribution in [0.5, 0.6) is 0 Å². The van der Waals surface area contributed by atoms with Gasteiger partial charge in [0.2, 0.25) is 0 Å². The number of allylic oxidation sites excluding steroid dienone is 3. The minimum absolute atomic E-state index is 0.113. The van der Waals surface area contributed by atoms with Gasteiger partial charge in [-0.25, -0.2) is 0 Å². The Kier molecular flexibility index (Phi) is 5.04. The fourth-order valence-electron chi connectivity index (χ4n) is 1.34. The second-order valence-corrected chi connectivity index (χ2v) is 3.93. The molecular weight excluding hydrogens is 238 g/mol. The van der Waals surface area contributed by atoms with E-state index in [-0.39, 0.29) is 5.56 Å². The van der Waals surface area contributed by atoms with E-state index in [1.54, 1.807) is 44.5 Å². The molecule has 0 spiro atoms. The van der Waals surface area contributed by atoms with Crippen molar-refractivity contribution in [1.29, 1.82) is 0 Å². The summed E-state index contributed by atoms with van der Waals surface area (Å²) in [4.78, 5) is 11.8. The van der Waals surface area contributed by atoms with Crippen LogP contribution >= 0.6 is 11.6 Å². The standard InChI is InChI=1S/C13H16ClNO2/c1-4-11(17-3)7-8-12(14)15-9-5-6-10(2)13(15)16/h5-9H,4H2,1-3H3/b11-7+,12-8-. The zero-order valence-electron chi connectivity index (χ0n) is 10.2. The maximum absolute atomic E-state index is 11.8. The number of pyridine rings is 1. The summed E-state index contributed by atoms with van der Waals surface area (Å²) in [7, 11) is 1.61. The van der Waals surface area contributed by atoms with Gasteiger partial charge in [0.05, 0.1) is 12.9 Å². The van der Waals surface area contributed by atoms with E-state index >= 15 is 0 Å². The normalized spacial score (nSPS) is 12.7. The van der Waals surface area contributed by atoms with Crippen LogP contribution in [-0.2, 0) is 4.74 Å². The van der Waals surface area contributed by atoms with Gasteiger partial charge < -0.3 is 4.74 Å². The molecule has 0 N–H and O–H groups in total. The molecule has 1 aromatic rings. The molecule has 0 atom stereocenters. The third-order valence-corrected chi connectivity index (χ3v) is 2.69. The largest absolute Gasteiger partial charge is 0.501 e. The highest BCUT2D eigenvalue weighted by Crippen LogP contribution is 2.10. The first kappa shape index (κ1) is 13.6. The van der Waals surface area contributed by atoms with Crippen LogP contribution in [0.25, 0.3) is 5.16 Å². The summed E-state index contributed by atoms with van der Waals surface area (Å²) in [5.74, 6) is 0.809. The molecule has 0 saturated heterocycles. The summed E-state index contributed by atoms with van der Waals surface area (Å²) in [5, 5.41) is 0.349. The smallest absolute Gasteiger partial charge is 0.258 e. The van der Waals surface area contributed by atoms with E-state index < -0.39 is 0 Å². The lowest BCUT2D eigenvalue weighted by molar-refractivity contribution is 0.281. The number of aromatic nitrogens is 1. The molecule has 1 aromatic heterocycles. The second kappa shape index (κ2) is 6.30. The van der Waals surface area contributed by atoms with Crippen LogP contribution in [0.15, 0.2) is 41.0 Å². The number of hydrogen-bond donors (Lipinski definition) is 0. The fourth-order valence-corrected chi connectivity index (χ4v) is 1.54. The van der Waals surface area contributed by atoms with E-state index in [2.05, 4.69) is 0 Å². The lowest BCUT2D eigenvalue weighted by Gasteiger charge is -2.04. The predicted octanol–water partition coefficient (Wildman–Crippen LogP) is 3.13. The number of halogens is 1. The monoisotopic (exact) mass is 253 g/mol. The predicted molar refractivity (Wildman–Crippen MR) is 70.9 cm³/mol. The lowest BCUT2D eigenvalue weighted by Crippen LogP contribution is -2.18. The molecule has 1 rings (SSSR count). The summed E-state index contributed by atoms with van der Waals surface area (Å²) in [6.45, 7) is 3.74. The zero-order valence-corrected chi connectivity index (χ0v) is 11.0. The van der Waals surface area contributed by atoms with Crippen LogP contribution in [0.3, 0.4) is 0 Å². The van der Waals surface area contributed by atoms with E-state index in [0.29, 0.717) is 10.7 Å². The van der Waals surface area contributed by atoms with Gasteiger partial charge in [-0.15, -0.1) is 0 Å². The summed E-state index contributed by atoms with van der Waals surface area (Å²) >= 11 is 6.07. The van der Waals surface area contributed by atoms with E-state index in [9.17, 15) is 4.79 Å². The first-order chi connectivity index (χ1) is 8.10. The Morgan fingerprint density at radius 2 is 2.24 bits per heavy atom. The van der Waals surface area contributed by atoms with E-state index in [4.69, 9.17) is 16.3 Å². The Bertz CT molecular complexity index is 494. The SMILES string of the molecule is CC/C(=C\C=C(\Cl)n1cccc(C)c1=O)OC. The summed E-state index contributed by atoms with van der Waals surface area (Å²) in [6, 6.07) is 3.54. The summed E-state index contributed by atoms with van der Waals surface area (Å²) in [5.41, 5.74) is 0.545. The first-order valence-corrected chi connectivity index (χ1v) is 5.77. The molecule has 0 unspecified atom stereocenters. The molecule has 1 heterocycles. The van der Waals surface area contributed by atoms with Crippen molar-refractivity contribution >= 4 is 16.8 Å². The first-order valence-electron chi connectivity index (χ1n) is 5.39. The van der Waals surface area contributed by atoms with Crippen molar-refractivity contribution in [2.45, 2.75) is 20.3 Å². The Labute approximate surface area is 106 Å². The Hall–Kier alpha value is -1.48. The molecule has 0 radical (unpaired) electrons. The molecule has 0 saturated carbocycles. The average Bonchev–Trinajstić information content (AvgIpc) is 2.33. The molecule has 0 amide bonds. The van der Waals surface area contributed by atoms with E-state index in [1.807, 2.05) is 6.92 Å². The molecule has 0 aliphatic carbocycles. The van der Waals surface area contributed by atoms with Crippen molar-refractivity contribution in [2.24, 2.45) is 0 Å². The van der Waals surface area contributed by atoms with Gasteiger partial charge in [0.1, 0.15) is 5.16 Å². The highest BCUT2D eigenvalue weighted by Gasteiger charge is 2.01. The number of methoxy groups -OCH3 is 1. The van der Waals surface area contributed by atoms with Crippen LogP contribution in [0.2, 0.25) is 0 Å². The molecule has 0 aliphatic heterocycles. The Balaban J connectivity index is 3.08. The number of hydrogen-bond acceptors (Lipinski definition) is 2. The number of aryl methyl sites for hydroxylation is 1. The van der Waals surface area contributed by atoms with E-state index in [0.717, 1.165) is 12.2 Å². The molecule has 17 heavy (non-hydrogen) atoms. The minimum Gasteiger partial charge on any atom is -0.501 e. The molecule has 92 valence electrons. The van der Waals surface area contributed by atoms with Crippen LogP contribution in [0.1, 0.15) is 18.9 Å². The maximum Gasteiger partial charge on any atom is 0.258 e. The lowest BCUT2D eigenvalue weighted by atomic mass is 10.3. The second-order valence-electron chi connectivity index (χ2n) is 3.55. The molecule has 0 aliphatic rings.